The lowest BCUT2D eigenvalue weighted by molar-refractivity contribution is -0.0683. The third-order valence-corrected chi connectivity index (χ3v) is 3.75. The molecule has 0 aliphatic carbocycles. The van der Waals surface area contributed by atoms with Crippen molar-refractivity contribution >= 4 is 0 Å². The number of nitrogens with one attached hydrogen (secondary N) is 1. The highest BCUT2D eigenvalue weighted by atomic mass is 16.5. The van der Waals surface area contributed by atoms with E-state index in [1.165, 1.54) is 0 Å². The fraction of sp³-hybridized carbons (Fsp3) is 1.00. The Bertz CT molecular complexity index is 188. The van der Waals surface area contributed by atoms with Crippen LogP contribution >= 0.6 is 0 Å². The van der Waals surface area contributed by atoms with Gasteiger partial charge in [0.15, 0.2) is 0 Å². The van der Waals surface area contributed by atoms with Crippen molar-refractivity contribution in [3.05, 3.63) is 0 Å². The summed E-state index contributed by atoms with van der Waals surface area (Å²) >= 11 is 0. The van der Waals surface area contributed by atoms with Gasteiger partial charge in [0, 0.05) is 19.8 Å². The van der Waals surface area contributed by atoms with Crippen LogP contribution in [0.15, 0.2) is 0 Å². The summed E-state index contributed by atoms with van der Waals surface area (Å²) in [5.74, 6) is 1.13. The molecule has 2 saturated heterocycles. The monoisotopic (exact) mass is 199 g/mol. The van der Waals surface area contributed by atoms with Gasteiger partial charge in [-0.05, 0) is 44.6 Å². The van der Waals surface area contributed by atoms with E-state index >= 15 is 0 Å². The van der Waals surface area contributed by atoms with E-state index in [1.54, 1.807) is 0 Å². The molecule has 2 fully saturated rings. The number of hydrogen-bond donors (Lipinski definition) is 2. The fourth-order valence-electron chi connectivity index (χ4n) is 2.90. The van der Waals surface area contributed by atoms with Gasteiger partial charge in [-0.2, -0.15) is 0 Å². The molecule has 14 heavy (non-hydrogen) atoms. The Morgan fingerprint density at radius 2 is 2.00 bits per heavy atom. The fourth-order valence-corrected chi connectivity index (χ4v) is 2.90. The topological polar surface area (TPSA) is 41.5 Å². The minimum atomic E-state index is -0.514. The van der Waals surface area contributed by atoms with Gasteiger partial charge in [0.1, 0.15) is 0 Å². The molecule has 2 aliphatic heterocycles. The molecular weight excluding hydrogens is 178 g/mol. The molecule has 0 radical (unpaired) electrons. The quantitative estimate of drug-likeness (QED) is 0.655. The third kappa shape index (κ3) is 2.10. The zero-order valence-electron chi connectivity index (χ0n) is 8.96. The van der Waals surface area contributed by atoms with E-state index in [1.807, 2.05) is 6.92 Å². The number of hydrogen-bond acceptors (Lipinski definition) is 3. The second kappa shape index (κ2) is 4.17. The highest BCUT2D eigenvalue weighted by Crippen LogP contribution is 2.35. The van der Waals surface area contributed by atoms with E-state index < -0.39 is 5.60 Å². The summed E-state index contributed by atoms with van der Waals surface area (Å²) in [7, 11) is 0. The van der Waals surface area contributed by atoms with Gasteiger partial charge in [0.05, 0.1) is 5.60 Å². The van der Waals surface area contributed by atoms with Crippen LogP contribution in [0.5, 0.6) is 0 Å². The number of ether oxygens (including phenoxy) is 1. The molecule has 3 heteroatoms. The SMILES string of the molecule is CC1(O)CNCCC1C1CCOCC1. The highest BCUT2D eigenvalue weighted by Gasteiger charge is 2.39. The molecular formula is C11H21NO2. The van der Waals surface area contributed by atoms with Crippen molar-refractivity contribution in [2.45, 2.75) is 31.8 Å². The Balaban J connectivity index is 1.99. The van der Waals surface area contributed by atoms with E-state index in [0.29, 0.717) is 11.8 Å². The van der Waals surface area contributed by atoms with Crippen molar-refractivity contribution in [1.82, 2.24) is 5.32 Å². The van der Waals surface area contributed by atoms with Crippen molar-refractivity contribution in [2.24, 2.45) is 11.8 Å². The first-order chi connectivity index (χ1) is 6.70. The Morgan fingerprint density at radius 3 is 2.64 bits per heavy atom. The molecule has 0 spiro atoms. The van der Waals surface area contributed by atoms with E-state index in [9.17, 15) is 5.11 Å². The van der Waals surface area contributed by atoms with Crippen molar-refractivity contribution in [1.29, 1.82) is 0 Å². The lowest BCUT2D eigenvalue weighted by Gasteiger charge is -2.43. The molecule has 0 amide bonds. The first-order valence-corrected chi connectivity index (χ1v) is 5.71. The van der Waals surface area contributed by atoms with Gasteiger partial charge in [-0.25, -0.2) is 0 Å². The largest absolute Gasteiger partial charge is 0.389 e. The summed E-state index contributed by atoms with van der Waals surface area (Å²) < 4.78 is 5.36. The smallest absolute Gasteiger partial charge is 0.0774 e. The summed E-state index contributed by atoms with van der Waals surface area (Å²) in [6, 6.07) is 0. The van der Waals surface area contributed by atoms with Gasteiger partial charge in [-0.15, -0.1) is 0 Å². The second-order valence-corrected chi connectivity index (χ2v) is 4.88. The molecule has 0 aromatic carbocycles. The molecule has 3 nitrogen and oxygen atoms in total. The van der Waals surface area contributed by atoms with Crippen LogP contribution in [0.1, 0.15) is 26.2 Å². The third-order valence-electron chi connectivity index (χ3n) is 3.75. The van der Waals surface area contributed by atoms with Crippen LogP contribution in [0.25, 0.3) is 0 Å². The molecule has 2 N–H and O–H groups in total. The van der Waals surface area contributed by atoms with Crippen LogP contribution in [-0.4, -0.2) is 37.0 Å². The van der Waals surface area contributed by atoms with Crippen LogP contribution in [0, 0.1) is 11.8 Å². The lowest BCUT2D eigenvalue weighted by atomic mass is 9.72. The van der Waals surface area contributed by atoms with Gasteiger partial charge in [-0.1, -0.05) is 0 Å². The zero-order valence-corrected chi connectivity index (χ0v) is 8.96. The zero-order chi connectivity index (χ0) is 10.0. The van der Waals surface area contributed by atoms with Gasteiger partial charge in [-0.3, -0.25) is 0 Å². The van der Waals surface area contributed by atoms with E-state index in [2.05, 4.69) is 5.32 Å². The highest BCUT2D eigenvalue weighted by molar-refractivity contribution is 4.92. The molecule has 0 bridgehead atoms. The molecule has 82 valence electrons. The van der Waals surface area contributed by atoms with Crippen molar-refractivity contribution < 1.29 is 9.84 Å². The molecule has 2 unspecified atom stereocenters. The second-order valence-electron chi connectivity index (χ2n) is 4.88. The Morgan fingerprint density at radius 1 is 1.29 bits per heavy atom. The van der Waals surface area contributed by atoms with Crippen LogP contribution < -0.4 is 5.32 Å². The van der Waals surface area contributed by atoms with E-state index in [-0.39, 0.29) is 0 Å². The maximum atomic E-state index is 10.3. The summed E-state index contributed by atoms with van der Waals surface area (Å²) in [4.78, 5) is 0. The molecule has 2 aliphatic rings. The summed E-state index contributed by atoms with van der Waals surface area (Å²) in [5, 5.41) is 13.5. The van der Waals surface area contributed by atoms with Crippen LogP contribution in [0.2, 0.25) is 0 Å². The van der Waals surface area contributed by atoms with Gasteiger partial charge >= 0.3 is 0 Å². The van der Waals surface area contributed by atoms with Crippen LogP contribution in [0.4, 0.5) is 0 Å². The number of β-amino-alcohol motifs (C(OH)–C–C–N with tert-alkyl or cyclic N) is 1. The molecule has 0 aromatic rings. The van der Waals surface area contributed by atoms with Crippen LogP contribution in [0.3, 0.4) is 0 Å². The number of aliphatic hydroxyl groups is 1. The first kappa shape index (κ1) is 10.4. The normalized spacial score (nSPS) is 41.1. The molecule has 0 aromatic heterocycles. The lowest BCUT2D eigenvalue weighted by Crippen LogP contribution is -2.53. The Kier molecular flexibility index (Phi) is 3.10. The molecule has 2 rings (SSSR count). The maximum Gasteiger partial charge on any atom is 0.0774 e. The Labute approximate surface area is 85.8 Å². The summed E-state index contributed by atoms with van der Waals surface area (Å²) in [5.41, 5.74) is -0.514. The molecule has 0 saturated carbocycles. The average Bonchev–Trinajstić information content (AvgIpc) is 2.18. The summed E-state index contributed by atoms with van der Waals surface area (Å²) in [6.45, 7) is 5.53. The first-order valence-electron chi connectivity index (χ1n) is 5.71. The average molecular weight is 199 g/mol. The van der Waals surface area contributed by atoms with Crippen molar-refractivity contribution in [2.75, 3.05) is 26.3 Å². The molecule has 2 atom stereocenters. The van der Waals surface area contributed by atoms with Crippen LogP contribution in [-0.2, 0) is 4.74 Å². The van der Waals surface area contributed by atoms with Gasteiger partial charge in [0.25, 0.3) is 0 Å². The summed E-state index contributed by atoms with van der Waals surface area (Å²) in [6.07, 6.45) is 3.36. The minimum Gasteiger partial charge on any atom is -0.389 e. The predicted molar refractivity (Wildman–Crippen MR) is 55.1 cm³/mol. The molecule has 2 heterocycles. The van der Waals surface area contributed by atoms with E-state index in [0.717, 1.165) is 45.6 Å². The van der Waals surface area contributed by atoms with Gasteiger partial charge in [0.2, 0.25) is 0 Å². The van der Waals surface area contributed by atoms with E-state index in [4.69, 9.17) is 4.74 Å². The van der Waals surface area contributed by atoms with Gasteiger partial charge < -0.3 is 15.2 Å². The number of piperidine rings is 1. The maximum absolute atomic E-state index is 10.3. The number of rotatable bonds is 1. The minimum absolute atomic E-state index is 0.465. The van der Waals surface area contributed by atoms with Crippen molar-refractivity contribution in [3.8, 4) is 0 Å². The standard InChI is InChI=1S/C11H21NO2/c1-11(13)8-12-5-2-10(11)9-3-6-14-7-4-9/h9-10,12-13H,2-8H2,1H3. The van der Waals surface area contributed by atoms with Crippen molar-refractivity contribution in [3.63, 3.8) is 0 Å². The predicted octanol–water partition coefficient (Wildman–Crippen LogP) is 0.773. The Hall–Kier alpha value is -0.120.